The van der Waals surface area contributed by atoms with Gasteiger partial charge in [0.25, 0.3) is 0 Å². The molecule has 0 aliphatic heterocycles. The number of aryl methyl sites for hydroxylation is 3. The van der Waals surface area contributed by atoms with Gasteiger partial charge in [0, 0.05) is 29.2 Å². The third kappa shape index (κ3) is 3.49. The average Bonchev–Trinajstić information content (AvgIpc) is 3.10. The predicted octanol–water partition coefficient (Wildman–Crippen LogP) is 4.79. The fourth-order valence-electron chi connectivity index (χ4n) is 2.81. The third-order valence-electron chi connectivity index (χ3n) is 4.23. The molecule has 1 aromatic carbocycles. The van der Waals surface area contributed by atoms with E-state index in [2.05, 4.69) is 10.5 Å². The summed E-state index contributed by atoms with van der Waals surface area (Å²) in [6.45, 7) is 10.0. The van der Waals surface area contributed by atoms with Gasteiger partial charge in [-0.15, -0.1) is 0 Å². The molecule has 1 N–H and O–H groups in total. The lowest BCUT2D eigenvalue weighted by Crippen LogP contribution is -2.09. The van der Waals surface area contributed by atoms with Gasteiger partial charge in [0.2, 0.25) is 5.91 Å². The summed E-state index contributed by atoms with van der Waals surface area (Å²) in [5, 5.41) is 7.47. The number of fused-ring (bicyclic) bond motifs is 1. The Morgan fingerprint density at radius 2 is 2.04 bits per heavy atom. The van der Waals surface area contributed by atoms with Crippen LogP contribution >= 0.6 is 0 Å². The molecule has 136 valence electrons. The van der Waals surface area contributed by atoms with Gasteiger partial charge in [0.05, 0.1) is 6.61 Å². The number of hydrogen-bond donors (Lipinski definition) is 1. The van der Waals surface area contributed by atoms with Gasteiger partial charge in [-0.05, 0) is 51.8 Å². The number of benzene rings is 1. The molecule has 3 aromatic rings. The summed E-state index contributed by atoms with van der Waals surface area (Å²) in [5.74, 6) is 2.31. The van der Waals surface area contributed by atoms with Crippen molar-refractivity contribution in [3.63, 3.8) is 0 Å². The lowest BCUT2D eigenvalue weighted by atomic mass is 10.0. The van der Waals surface area contributed by atoms with E-state index in [0.717, 1.165) is 33.4 Å². The molecular formula is C20H22N2O4. The Morgan fingerprint density at radius 3 is 2.69 bits per heavy atom. The Bertz CT molecular complexity index is 995. The zero-order valence-electron chi connectivity index (χ0n) is 15.6. The number of nitrogens with one attached hydrogen (secondary N) is 1. The van der Waals surface area contributed by atoms with E-state index in [9.17, 15) is 4.79 Å². The van der Waals surface area contributed by atoms with Crippen molar-refractivity contribution in [3.05, 3.63) is 46.9 Å². The van der Waals surface area contributed by atoms with Gasteiger partial charge in [-0.2, -0.15) is 0 Å². The Hall–Kier alpha value is -3.02. The molecule has 0 unspecified atom stereocenters. The second-order valence-corrected chi connectivity index (χ2v) is 6.20. The molecule has 2 aromatic heterocycles. The lowest BCUT2D eigenvalue weighted by Gasteiger charge is -2.11. The topological polar surface area (TPSA) is 77.5 Å². The van der Waals surface area contributed by atoms with Crippen LogP contribution in [0.25, 0.3) is 16.5 Å². The van der Waals surface area contributed by atoms with E-state index in [1.54, 1.807) is 13.0 Å². The van der Waals surface area contributed by atoms with E-state index in [1.165, 1.54) is 6.08 Å². The molecule has 0 atom stereocenters. The normalized spacial score (nSPS) is 11.8. The molecule has 0 bridgehead atoms. The van der Waals surface area contributed by atoms with Crippen LogP contribution in [0.15, 0.2) is 33.2 Å². The van der Waals surface area contributed by atoms with E-state index < -0.39 is 0 Å². The molecule has 6 heteroatoms. The summed E-state index contributed by atoms with van der Waals surface area (Å²) in [7, 11) is 0. The van der Waals surface area contributed by atoms with Crippen LogP contribution in [-0.2, 0) is 4.79 Å². The molecule has 1 amide bonds. The Balaban J connectivity index is 1.97. The quantitative estimate of drug-likeness (QED) is 0.667. The summed E-state index contributed by atoms with van der Waals surface area (Å²) in [6, 6.07) is 5.55. The molecule has 0 saturated heterocycles. The Morgan fingerprint density at radius 1 is 1.27 bits per heavy atom. The van der Waals surface area contributed by atoms with Crippen LogP contribution in [0.1, 0.15) is 36.5 Å². The Kier molecular flexibility index (Phi) is 4.84. The predicted molar refractivity (Wildman–Crippen MR) is 100 cm³/mol. The summed E-state index contributed by atoms with van der Waals surface area (Å²) in [4.78, 5) is 12.3. The first kappa shape index (κ1) is 17.8. The van der Waals surface area contributed by atoms with Crippen LogP contribution in [0.5, 0.6) is 5.75 Å². The summed E-state index contributed by atoms with van der Waals surface area (Å²) in [6.07, 6.45) is 1.52. The SMILES string of the molecule is CCOc1cc2oc(C)c(C)c2cc1/C(C)=C/C(=O)Nc1cc(C)on1. The van der Waals surface area contributed by atoms with Crippen LogP contribution < -0.4 is 10.1 Å². The van der Waals surface area contributed by atoms with E-state index in [0.29, 0.717) is 23.9 Å². The van der Waals surface area contributed by atoms with Crippen molar-refractivity contribution in [2.75, 3.05) is 11.9 Å². The molecule has 3 rings (SSSR count). The highest BCUT2D eigenvalue weighted by molar-refractivity contribution is 6.04. The summed E-state index contributed by atoms with van der Waals surface area (Å²) in [5.41, 5.74) is 3.50. The van der Waals surface area contributed by atoms with Crippen molar-refractivity contribution in [1.29, 1.82) is 0 Å². The smallest absolute Gasteiger partial charge is 0.249 e. The largest absolute Gasteiger partial charge is 0.493 e. The molecule has 0 radical (unpaired) electrons. The number of aromatic nitrogens is 1. The second kappa shape index (κ2) is 7.07. The molecule has 0 saturated carbocycles. The first-order chi connectivity index (χ1) is 12.4. The first-order valence-electron chi connectivity index (χ1n) is 8.48. The molecule has 6 nitrogen and oxygen atoms in total. The van der Waals surface area contributed by atoms with E-state index in [-0.39, 0.29) is 5.91 Å². The highest BCUT2D eigenvalue weighted by atomic mass is 16.5. The van der Waals surface area contributed by atoms with Crippen LogP contribution in [0.4, 0.5) is 5.82 Å². The number of carbonyl (C=O) groups excluding carboxylic acids is 1. The van der Waals surface area contributed by atoms with Gasteiger partial charge in [-0.1, -0.05) is 5.16 Å². The number of carbonyl (C=O) groups is 1. The number of amides is 1. The monoisotopic (exact) mass is 354 g/mol. The fourth-order valence-corrected chi connectivity index (χ4v) is 2.81. The molecule has 0 aliphatic carbocycles. The number of furan rings is 1. The lowest BCUT2D eigenvalue weighted by molar-refractivity contribution is -0.111. The number of rotatable bonds is 5. The highest BCUT2D eigenvalue weighted by Gasteiger charge is 2.15. The van der Waals surface area contributed by atoms with Crippen molar-refractivity contribution < 1.29 is 18.5 Å². The van der Waals surface area contributed by atoms with Gasteiger partial charge in [0.1, 0.15) is 22.9 Å². The third-order valence-corrected chi connectivity index (χ3v) is 4.23. The van der Waals surface area contributed by atoms with Crippen molar-refractivity contribution >= 4 is 28.3 Å². The second-order valence-electron chi connectivity index (χ2n) is 6.20. The summed E-state index contributed by atoms with van der Waals surface area (Å²) >= 11 is 0. The van der Waals surface area contributed by atoms with Crippen LogP contribution in [0.2, 0.25) is 0 Å². The van der Waals surface area contributed by atoms with E-state index in [4.69, 9.17) is 13.7 Å². The highest BCUT2D eigenvalue weighted by Crippen LogP contribution is 2.35. The number of hydrogen-bond acceptors (Lipinski definition) is 5. The van der Waals surface area contributed by atoms with E-state index >= 15 is 0 Å². The minimum atomic E-state index is -0.279. The van der Waals surface area contributed by atoms with Gasteiger partial charge in [0.15, 0.2) is 5.82 Å². The van der Waals surface area contributed by atoms with E-state index in [1.807, 2.05) is 39.8 Å². The minimum Gasteiger partial charge on any atom is -0.493 e. The number of allylic oxidation sites excluding steroid dienone is 1. The van der Waals surface area contributed by atoms with Crippen molar-refractivity contribution in [2.45, 2.75) is 34.6 Å². The van der Waals surface area contributed by atoms with Gasteiger partial charge in [-0.25, -0.2) is 0 Å². The van der Waals surface area contributed by atoms with Crippen LogP contribution in [0.3, 0.4) is 0 Å². The molecule has 2 heterocycles. The molecule has 0 spiro atoms. The van der Waals surface area contributed by atoms with Gasteiger partial charge >= 0.3 is 0 Å². The maximum absolute atomic E-state index is 12.3. The zero-order valence-corrected chi connectivity index (χ0v) is 15.6. The maximum Gasteiger partial charge on any atom is 0.249 e. The number of ether oxygens (including phenoxy) is 1. The number of nitrogens with zero attached hydrogens (tertiary/aromatic N) is 1. The van der Waals surface area contributed by atoms with Crippen molar-refractivity contribution in [1.82, 2.24) is 5.16 Å². The van der Waals surface area contributed by atoms with Crippen molar-refractivity contribution in [2.24, 2.45) is 0 Å². The minimum absolute atomic E-state index is 0.279. The first-order valence-corrected chi connectivity index (χ1v) is 8.48. The van der Waals surface area contributed by atoms with Crippen LogP contribution in [0, 0.1) is 20.8 Å². The Labute approximate surface area is 151 Å². The zero-order chi connectivity index (χ0) is 18.8. The fraction of sp³-hybridized carbons (Fsp3) is 0.300. The van der Waals surface area contributed by atoms with Crippen LogP contribution in [-0.4, -0.2) is 17.7 Å². The van der Waals surface area contributed by atoms with Gasteiger partial charge < -0.3 is 19.0 Å². The van der Waals surface area contributed by atoms with Gasteiger partial charge in [-0.3, -0.25) is 4.79 Å². The maximum atomic E-state index is 12.3. The number of anilines is 1. The summed E-state index contributed by atoms with van der Waals surface area (Å²) < 4.78 is 16.5. The van der Waals surface area contributed by atoms with Crippen molar-refractivity contribution in [3.8, 4) is 5.75 Å². The average molecular weight is 354 g/mol. The molecule has 0 aliphatic rings. The molecule has 0 fully saturated rings. The molecule has 26 heavy (non-hydrogen) atoms. The standard InChI is InChI=1S/C20H22N2O4/c1-6-24-17-10-18-16(13(4)14(5)25-18)9-15(17)11(2)7-20(23)21-19-8-12(3)26-22-19/h7-10H,6H2,1-5H3,(H,21,22,23)/b11-7+. The molecular weight excluding hydrogens is 332 g/mol.